The Hall–Kier alpha value is 0.390. The Kier molecular flexibility index (Phi) is 4.87. The van der Waals surface area contributed by atoms with Gasteiger partial charge in [0.1, 0.15) is 9.84 Å². The van der Waals surface area contributed by atoms with Crippen LogP contribution < -0.4 is 0 Å². The van der Waals surface area contributed by atoms with Crippen LogP contribution in [-0.2, 0) is 9.84 Å². The first-order chi connectivity index (χ1) is 6.53. The summed E-state index contributed by atoms with van der Waals surface area (Å²) in [4.78, 5) is 2.29. The first-order valence-electron chi connectivity index (χ1n) is 5.00. The highest BCUT2D eigenvalue weighted by Gasteiger charge is 2.21. The van der Waals surface area contributed by atoms with Gasteiger partial charge in [-0.15, -0.1) is 0 Å². The lowest BCUT2D eigenvalue weighted by atomic mass is 10.0. The van der Waals surface area contributed by atoms with Gasteiger partial charge in [0.25, 0.3) is 0 Å². The normalized spacial score (nSPS) is 25.1. The number of alkyl halides is 1. The van der Waals surface area contributed by atoms with Crippen LogP contribution in [0.1, 0.15) is 19.3 Å². The maximum Gasteiger partial charge on any atom is 0.148 e. The summed E-state index contributed by atoms with van der Waals surface area (Å²) in [5, 5.41) is 0.955. The van der Waals surface area contributed by atoms with Gasteiger partial charge >= 0.3 is 0 Å². The third-order valence-corrected chi connectivity index (χ3v) is 4.35. The van der Waals surface area contributed by atoms with Crippen molar-refractivity contribution in [2.75, 3.05) is 30.4 Å². The molecule has 0 amide bonds. The van der Waals surface area contributed by atoms with Crippen molar-refractivity contribution < 1.29 is 8.42 Å². The highest BCUT2D eigenvalue weighted by Crippen LogP contribution is 2.18. The van der Waals surface area contributed by atoms with Gasteiger partial charge in [-0.2, -0.15) is 0 Å². The molecule has 0 aliphatic carbocycles. The number of hydrogen-bond donors (Lipinski definition) is 0. The zero-order valence-electron chi connectivity index (χ0n) is 8.58. The largest absolute Gasteiger partial charge is 0.299 e. The standard InChI is InChI=1S/C9H18BrNO2S/c1-14(12,13)7-6-11-5-3-2-4-9(11)8-10/h9H,2-8H2,1H3. The molecule has 14 heavy (non-hydrogen) atoms. The molecule has 0 radical (unpaired) electrons. The number of piperidine rings is 1. The average Bonchev–Trinajstić information content (AvgIpc) is 2.14. The van der Waals surface area contributed by atoms with E-state index in [1.807, 2.05) is 0 Å². The van der Waals surface area contributed by atoms with Crippen LogP contribution in [0, 0.1) is 0 Å². The molecule has 1 heterocycles. The Morgan fingerprint density at radius 1 is 1.43 bits per heavy atom. The van der Waals surface area contributed by atoms with Crippen LogP contribution >= 0.6 is 15.9 Å². The second-order valence-corrected chi connectivity index (χ2v) is 6.88. The molecule has 0 N–H and O–H groups in total. The van der Waals surface area contributed by atoms with Crippen molar-refractivity contribution in [1.82, 2.24) is 4.90 Å². The number of halogens is 1. The smallest absolute Gasteiger partial charge is 0.148 e. The van der Waals surface area contributed by atoms with E-state index in [0.717, 1.165) is 11.9 Å². The summed E-state index contributed by atoms with van der Waals surface area (Å²) < 4.78 is 22.1. The Morgan fingerprint density at radius 2 is 2.14 bits per heavy atom. The van der Waals surface area contributed by atoms with Crippen LogP contribution in [0.4, 0.5) is 0 Å². The lowest BCUT2D eigenvalue weighted by Gasteiger charge is -2.34. The molecule has 1 aliphatic heterocycles. The fourth-order valence-electron chi connectivity index (χ4n) is 1.81. The first-order valence-corrected chi connectivity index (χ1v) is 8.19. The molecule has 0 saturated carbocycles. The van der Waals surface area contributed by atoms with Crippen LogP contribution in [0.15, 0.2) is 0 Å². The number of hydrogen-bond acceptors (Lipinski definition) is 3. The van der Waals surface area contributed by atoms with E-state index in [0.29, 0.717) is 12.6 Å². The molecule has 1 fully saturated rings. The van der Waals surface area contributed by atoms with Crippen LogP contribution in [0.25, 0.3) is 0 Å². The Labute approximate surface area is 94.9 Å². The minimum atomic E-state index is -2.81. The van der Waals surface area contributed by atoms with Gasteiger partial charge in [0.05, 0.1) is 5.75 Å². The molecular weight excluding hydrogens is 266 g/mol. The third-order valence-electron chi connectivity index (χ3n) is 2.68. The number of sulfone groups is 1. The molecular formula is C9H18BrNO2S. The molecule has 5 heteroatoms. The van der Waals surface area contributed by atoms with Crippen LogP contribution in [0.3, 0.4) is 0 Å². The Bertz CT molecular complexity index is 266. The minimum Gasteiger partial charge on any atom is -0.299 e. The van der Waals surface area contributed by atoms with Crippen LogP contribution in [0.2, 0.25) is 0 Å². The van der Waals surface area contributed by atoms with Gasteiger partial charge in [-0.3, -0.25) is 4.90 Å². The van der Waals surface area contributed by atoms with Crippen molar-refractivity contribution in [3.8, 4) is 0 Å². The zero-order chi connectivity index (χ0) is 10.6. The molecule has 1 unspecified atom stereocenters. The van der Waals surface area contributed by atoms with Gasteiger partial charge in [-0.1, -0.05) is 22.4 Å². The number of nitrogens with zero attached hydrogens (tertiary/aromatic N) is 1. The highest BCUT2D eigenvalue weighted by atomic mass is 79.9. The lowest BCUT2D eigenvalue weighted by Crippen LogP contribution is -2.42. The van der Waals surface area contributed by atoms with E-state index in [1.165, 1.54) is 25.5 Å². The minimum absolute atomic E-state index is 0.288. The van der Waals surface area contributed by atoms with E-state index in [2.05, 4.69) is 20.8 Å². The predicted molar refractivity (Wildman–Crippen MR) is 62.7 cm³/mol. The van der Waals surface area contributed by atoms with Crippen molar-refractivity contribution in [2.45, 2.75) is 25.3 Å². The summed E-state index contributed by atoms with van der Waals surface area (Å²) in [6.07, 6.45) is 4.97. The molecule has 1 aliphatic rings. The molecule has 3 nitrogen and oxygen atoms in total. The summed E-state index contributed by atoms with van der Waals surface area (Å²) >= 11 is 3.48. The van der Waals surface area contributed by atoms with E-state index in [4.69, 9.17) is 0 Å². The fraction of sp³-hybridized carbons (Fsp3) is 1.00. The summed E-state index contributed by atoms with van der Waals surface area (Å²) in [5.74, 6) is 0.288. The lowest BCUT2D eigenvalue weighted by molar-refractivity contribution is 0.174. The SMILES string of the molecule is CS(=O)(=O)CCN1CCCCC1CBr. The molecule has 0 bridgehead atoms. The third kappa shape index (κ3) is 4.28. The molecule has 1 atom stereocenters. The second kappa shape index (κ2) is 5.47. The summed E-state index contributed by atoms with van der Waals surface area (Å²) in [5.41, 5.74) is 0. The van der Waals surface area contributed by atoms with Gasteiger partial charge < -0.3 is 0 Å². The Morgan fingerprint density at radius 3 is 2.71 bits per heavy atom. The van der Waals surface area contributed by atoms with Crippen molar-refractivity contribution in [1.29, 1.82) is 0 Å². The van der Waals surface area contributed by atoms with Gasteiger partial charge in [0.15, 0.2) is 0 Å². The molecule has 84 valence electrons. The van der Waals surface area contributed by atoms with Crippen LogP contribution in [0.5, 0.6) is 0 Å². The topological polar surface area (TPSA) is 37.4 Å². The van der Waals surface area contributed by atoms with Gasteiger partial charge in [-0.25, -0.2) is 8.42 Å². The Balaban J connectivity index is 2.41. The molecule has 0 aromatic rings. The van der Waals surface area contributed by atoms with E-state index in [1.54, 1.807) is 0 Å². The molecule has 0 aromatic carbocycles. The molecule has 1 rings (SSSR count). The quantitative estimate of drug-likeness (QED) is 0.730. The molecule has 0 aromatic heterocycles. The van der Waals surface area contributed by atoms with Crippen molar-refractivity contribution in [2.24, 2.45) is 0 Å². The van der Waals surface area contributed by atoms with Crippen molar-refractivity contribution in [3.63, 3.8) is 0 Å². The zero-order valence-corrected chi connectivity index (χ0v) is 11.0. The van der Waals surface area contributed by atoms with E-state index >= 15 is 0 Å². The summed E-state index contributed by atoms with van der Waals surface area (Å²) in [6.45, 7) is 1.74. The monoisotopic (exact) mass is 283 g/mol. The maximum absolute atomic E-state index is 11.0. The van der Waals surface area contributed by atoms with E-state index in [9.17, 15) is 8.42 Å². The average molecular weight is 284 g/mol. The van der Waals surface area contributed by atoms with E-state index in [-0.39, 0.29) is 5.75 Å². The van der Waals surface area contributed by atoms with Crippen molar-refractivity contribution >= 4 is 25.8 Å². The maximum atomic E-state index is 11.0. The number of likely N-dealkylation sites (tertiary alicyclic amines) is 1. The van der Waals surface area contributed by atoms with Crippen molar-refractivity contribution in [3.05, 3.63) is 0 Å². The van der Waals surface area contributed by atoms with Crippen LogP contribution in [-0.4, -0.2) is 49.8 Å². The summed E-state index contributed by atoms with van der Waals surface area (Å²) in [6, 6.07) is 0.533. The molecule has 0 spiro atoms. The van der Waals surface area contributed by atoms with Gasteiger partial charge in [0, 0.05) is 24.2 Å². The number of rotatable bonds is 4. The second-order valence-electron chi connectivity index (χ2n) is 3.97. The van der Waals surface area contributed by atoms with Gasteiger partial charge in [0.2, 0.25) is 0 Å². The first kappa shape index (κ1) is 12.5. The highest BCUT2D eigenvalue weighted by molar-refractivity contribution is 9.09. The predicted octanol–water partition coefficient (Wildman–Crippen LogP) is 1.28. The molecule has 1 saturated heterocycles. The van der Waals surface area contributed by atoms with Gasteiger partial charge in [-0.05, 0) is 19.4 Å². The van der Waals surface area contributed by atoms with E-state index < -0.39 is 9.84 Å². The summed E-state index contributed by atoms with van der Waals surface area (Å²) in [7, 11) is -2.81. The fourth-order valence-corrected chi connectivity index (χ4v) is 3.11.